The first-order valence-corrected chi connectivity index (χ1v) is 6.96. The Bertz CT molecular complexity index is 502. The number of hydrogen-bond acceptors (Lipinski definition) is 3. The maximum Gasteiger partial charge on any atom is 0.137 e. The Morgan fingerprint density at radius 3 is 2.71 bits per heavy atom. The molecule has 1 heterocycles. The summed E-state index contributed by atoms with van der Waals surface area (Å²) < 4.78 is 0.953. The van der Waals surface area contributed by atoms with Crippen LogP contribution in [0.3, 0.4) is 0 Å². The largest absolute Gasteiger partial charge is 0.383 e. The maximum atomic E-state index is 5.86. The van der Waals surface area contributed by atoms with Gasteiger partial charge >= 0.3 is 0 Å². The van der Waals surface area contributed by atoms with Crippen LogP contribution in [0.4, 0.5) is 5.82 Å². The number of rotatable bonds is 3. The van der Waals surface area contributed by atoms with Crippen LogP contribution in [0.2, 0.25) is 0 Å². The first-order chi connectivity index (χ1) is 8.16. The second-order valence-electron chi connectivity index (χ2n) is 3.71. The average Bonchev–Trinajstić information content (AvgIpc) is 2.35. The molecule has 2 nitrogen and oxygen atoms in total. The lowest BCUT2D eigenvalue weighted by molar-refractivity contribution is 1.09. The lowest BCUT2D eigenvalue weighted by Gasteiger charge is -2.12. The predicted octanol–water partition coefficient (Wildman–Crippen LogP) is 4.28. The maximum absolute atomic E-state index is 5.86. The van der Waals surface area contributed by atoms with Gasteiger partial charge in [-0.3, -0.25) is 0 Å². The molecule has 0 aliphatic carbocycles. The zero-order valence-electron chi connectivity index (χ0n) is 9.43. The molecule has 0 unspecified atom stereocenters. The number of aromatic nitrogens is 1. The van der Waals surface area contributed by atoms with E-state index in [-0.39, 0.29) is 0 Å². The van der Waals surface area contributed by atoms with Crippen molar-refractivity contribution in [3.8, 4) is 0 Å². The molecule has 2 rings (SSSR count). The van der Waals surface area contributed by atoms with Crippen molar-refractivity contribution in [2.24, 2.45) is 0 Å². The molecular weight excluding hydrogens is 296 g/mol. The van der Waals surface area contributed by atoms with Crippen LogP contribution in [0, 0.1) is 0 Å². The fourth-order valence-corrected chi connectivity index (χ4v) is 3.03. The molecular formula is C13H13BrN2S. The molecule has 88 valence electrons. The molecule has 0 radical (unpaired) electrons. The number of nitrogen functional groups attached to an aromatic ring is 1. The van der Waals surface area contributed by atoms with Crippen molar-refractivity contribution < 1.29 is 0 Å². The van der Waals surface area contributed by atoms with Gasteiger partial charge in [0.2, 0.25) is 0 Å². The summed E-state index contributed by atoms with van der Waals surface area (Å²) in [5.41, 5.74) is 7.15. The third-order valence-corrected chi connectivity index (χ3v) is 4.06. The quantitative estimate of drug-likeness (QED) is 0.860. The Labute approximate surface area is 114 Å². The molecule has 2 N–H and O–H groups in total. The van der Waals surface area contributed by atoms with Crippen LogP contribution in [0.5, 0.6) is 0 Å². The molecule has 0 fully saturated rings. The summed E-state index contributed by atoms with van der Waals surface area (Å²) in [6, 6.07) is 12.4. The Balaban J connectivity index is 2.18. The van der Waals surface area contributed by atoms with Crippen LogP contribution in [0.15, 0.2) is 52.0 Å². The van der Waals surface area contributed by atoms with Crippen molar-refractivity contribution in [2.75, 3.05) is 5.73 Å². The van der Waals surface area contributed by atoms with Crippen LogP contribution in [0.1, 0.15) is 17.7 Å². The minimum atomic E-state index is 0.356. The van der Waals surface area contributed by atoms with E-state index in [2.05, 4.69) is 52.1 Å². The molecule has 0 bridgehead atoms. The average molecular weight is 309 g/mol. The number of thioether (sulfide) groups is 1. The molecule has 0 amide bonds. The number of nitrogens with two attached hydrogens (primary N) is 1. The number of nitrogens with zero attached hydrogens (tertiary/aromatic N) is 1. The third-order valence-electron chi connectivity index (χ3n) is 2.42. The Morgan fingerprint density at radius 1 is 1.29 bits per heavy atom. The zero-order chi connectivity index (χ0) is 12.3. The topological polar surface area (TPSA) is 38.9 Å². The Hall–Kier alpha value is -1.00. The fraction of sp³-hybridized carbons (Fsp3) is 0.154. The summed E-state index contributed by atoms with van der Waals surface area (Å²) in [6.07, 6.45) is 1.71. The lowest BCUT2D eigenvalue weighted by Crippen LogP contribution is -1.95. The van der Waals surface area contributed by atoms with Gasteiger partial charge in [-0.25, -0.2) is 4.98 Å². The van der Waals surface area contributed by atoms with Gasteiger partial charge in [-0.2, -0.15) is 0 Å². The number of halogens is 1. The Kier molecular flexibility index (Phi) is 4.07. The van der Waals surface area contributed by atoms with Crippen LogP contribution >= 0.6 is 27.7 Å². The lowest BCUT2D eigenvalue weighted by atomic mass is 10.2. The van der Waals surface area contributed by atoms with E-state index in [1.807, 2.05) is 12.1 Å². The molecule has 1 aromatic heterocycles. The minimum absolute atomic E-state index is 0.356. The van der Waals surface area contributed by atoms with Crippen molar-refractivity contribution >= 4 is 33.5 Å². The first-order valence-electron chi connectivity index (χ1n) is 5.29. The van der Waals surface area contributed by atoms with Gasteiger partial charge in [0.1, 0.15) is 5.82 Å². The van der Waals surface area contributed by atoms with Crippen molar-refractivity contribution in [2.45, 2.75) is 17.1 Å². The van der Waals surface area contributed by atoms with E-state index in [4.69, 9.17) is 5.73 Å². The van der Waals surface area contributed by atoms with E-state index in [0.717, 1.165) is 9.37 Å². The van der Waals surface area contributed by atoms with Crippen LogP contribution < -0.4 is 5.73 Å². The molecule has 4 heteroatoms. The summed E-state index contributed by atoms with van der Waals surface area (Å²) in [4.78, 5) is 5.15. The molecule has 1 atom stereocenters. The number of pyridine rings is 1. The third kappa shape index (κ3) is 3.23. The number of anilines is 1. The second kappa shape index (κ2) is 5.56. The normalized spacial score (nSPS) is 12.4. The fourth-order valence-electron chi connectivity index (χ4n) is 1.51. The van der Waals surface area contributed by atoms with Crippen LogP contribution in [-0.4, -0.2) is 4.98 Å². The monoisotopic (exact) mass is 308 g/mol. The SMILES string of the molecule is C[C@@H](Sc1cc(Br)cnc1N)c1ccccc1. The highest BCUT2D eigenvalue weighted by molar-refractivity contribution is 9.10. The van der Waals surface area contributed by atoms with E-state index in [9.17, 15) is 0 Å². The molecule has 0 aliphatic rings. The van der Waals surface area contributed by atoms with Crippen molar-refractivity contribution in [1.82, 2.24) is 4.98 Å². The highest BCUT2D eigenvalue weighted by Crippen LogP contribution is 2.37. The van der Waals surface area contributed by atoms with Crippen molar-refractivity contribution in [1.29, 1.82) is 0 Å². The van der Waals surface area contributed by atoms with E-state index in [0.29, 0.717) is 11.1 Å². The van der Waals surface area contributed by atoms with Crippen molar-refractivity contribution in [3.05, 3.63) is 52.6 Å². The van der Waals surface area contributed by atoms with Gasteiger partial charge in [0.15, 0.2) is 0 Å². The van der Waals surface area contributed by atoms with Gasteiger partial charge in [0.25, 0.3) is 0 Å². The molecule has 1 aromatic carbocycles. The van der Waals surface area contributed by atoms with E-state index in [1.165, 1.54) is 5.56 Å². The smallest absolute Gasteiger partial charge is 0.137 e. The molecule has 0 saturated heterocycles. The summed E-state index contributed by atoms with van der Waals surface area (Å²) >= 11 is 5.13. The van der Waals surface area contributed by atoms with E-state index < -0.39 is 0 Å². The highest BCUT2D eigenvalue weighted by Gasteiger charge is 2.10. The minimum Gasteiger partial charge on any atom is -0.383 e. The van der Waals surface area contributed by atoms with Crippen molar-refractivity contribution in [3.63, 3.8) is 0 Å². The molecule has 0 saturated carbocycles. The number of benzene rings is 1. The van der Waals surface area contributed by atoms with Gasteiger partial charge in [0.05, 0.1) is 4.90 Å². The highest BCUT2D eigenvalue weighted by atomic mass is 79.9. The first kappa shape index (κ1) is 12.5. The second-order valence-corrected chi connectivity index (χ2v) is 6.01. The summed E-state index contributed by atoms with van der Waals surface area (Å²) in [5, 5.41) is 0.356. The van der Waals surface area contributed by atoms with Gasteiger partial charge in [-0.1, -0.05) is 30.3 Å². The molecule has 0 spiro atoms. The van der Waals surface area contributed by atoms with Gasteiger partial charge in [0, 0.05) is 15.9 Å². The van der Waals surface area contributed by atoms with Gasteiger partial charge < -0.3 is 5.73 Å². The standard InChI is InChI=1S/C13H13BrN2S/c1-9(10-5-3-2-4-6-10)17-12-7-11(14)8-16-13(12)15/h2-9H,1H3,(H2,15,16)/t9-/m1/s1. The summed E-state index contributed by atoms with van der Waals surface area (Å²) in [6.45, 7) is 2.17. The molecule has 2 aromatic rings. The van der Waals surface area contributed by atoms with Crippen LogP contribution in [-0.2, 0) is 0 Å². The Morgan fingerprint density at radius 2 is 2.00 bits per heavy atom. The molecule has 17 heavy (non-hydrogen) atoms. The van der Waals surface area contributed by atoms with Crippen LogP contribution in [0.25, 0.3) is 0 Å². The number of hydrogen-bond donors (Lipinski definition) is 1. The van der Waals surface area contributed by atoms with E-state index >= 15 is 0 Å². The predicted molar refractivity (Wildman–Crippen MR) is 77.1 cm³/mol. The van der Waals surface area contributed by atoms with E-state index in [1.54, 1.807) is 18.0 Å². The van der Waals surface area contributed by atoms with Gasteiger partial charge in [-0.05, 0) is 34.5 Å². The van der Waals surface area contributed by atoms with Gasteiger partial charge in [-0.15, -0.1) is 11.8 Å². The molecule has 0 aliphatic heterocycles. The summed E-state index contributed by atoms with van der Waals surface area (Å²) in [5.74, 6) is 0.584. The zero-order valence-corrected chi connectivity index (χ0v) is 11.8. The summed E-state index contributed by atoms with van der Waals surface area (Å²) in [7, 11) is 0.